The number of amides is 1. The highest BCUT2D eigenvalue weighted by Gasteiger charge is 2.40. The minimum atomic E-state index is -3.64. The quantitative estimate of drug-likeness (QED) is 0.863. The van der Waals surface area contributed by atoms with E-state index in [1.807, 2.05) is 0 Å². The molecule has 0 radical (unpaired) electrons. The lowest BCUT2D eigenvalue weighted by Crippen LogP contribution is -2.49. The maximum absolute atomic E-state index is 12.8. The van der Waals surface area contributed by atoms with E-state index >= 15 is 0 Å². The molecular formula is C17H22N2O5S. The van der Waals surface area contributed by atoms with E-state index in [1.54, 1.807) is 30.3 Å². The number of carboxylic acid groups (broad SMARTS) is 1. The molecule has 2 saturated heterocycles. The van der Waals surface area contributed by atoms with Crippen LogP contribution in [-0.2, 0) is 19.6 Å². The molecule has 1 aromatic rings. The molecule has 3 rings (SSSR count). The van der Waals surface area contributed by atoms with Crippen molar-refractivity contribution in [1.29, 1.82) is 0 Å². The fraction of sp³-hybridized carbons (Fsp3) is 0.529. The van der Waals surface area contributed by atoms with E-state index < -0.39 is 28.0 Å². The van der Waals surface area contributed by atoms with E-state index in [9.17, 15) is 23.1 Å². The summed E-state index contributed by atoms with van der Waals surface area (Å²) in [5, 5.41) is 9.26. The molecule has 7 nitrogen and oxygen atoms in total. The smallest absolute Gasteiger partial charge is 0.326 e. The average Bonchev–Trinajstić information content (AvgIpc) is 3.12. The van der Waals surface area contributed by atoms with Crippen molar-refractivity contribution in [2.45, 2.75) is 36.6 Å². The summed E-state index contributed by atoms with van der Waals surface area (Å²) >= 11 is 0. The van der Waals surface area contributed by atoms with Crippen molar-refractivity contribution in [2.75, 3.05) is 19.6 Å². The molecule has 2 fully saturated rings. The third-order valence-corrected chi connectivity index (χ3v) is 6.81. The summed E-state index contributed by atoms with van der Waals surface area (Å²) in [7, 11) is -3.64. The molecule has 1 aromatic carbocycles. The first-order chi connectivity index (χ1) is 11.9. The Kier molecular flexibility index (Phi) is 5.10. The molecule has 1 N–H and O–H groups in total. The number of carboxylic acids is 1. The number of aliphatic carboxylic acids is 1. The SMILES string of the molecule is O=C(O)[C@@H]1CCCN1C(=O)C1CCCN(S(=O)(=O)c2ccccc2)C1. The van der Waals surface area contributed by atoms with Crippen LogP contribution in [0, 0.1) is 5.92 Å². The molecule has 136 valence electrons. The van der Waals surface area contributed by atoms with Gasteiger partial charge in [-0.3, -0.25) is 4.79 Å². The van der Waals surface area contributed by atoms with Gasteiger partial charge in [-0.1, -0.05) is 18.2 Å². The van der Waals surface area contributed by atoms with Gasteiger partial charge in [0.05, 0.1) is 10.8 Å². The van der Waals surface area contributed by atoms with Gasteiger partial charge in [0.25, 0.3) is 0 Å². The molecule has 0 spiro atoms. The first kappa shape index (κ1) is 17.9. The Morgan fingerprint density at radius 1 is 1.04 bits per heavy atom. The number of sulfonamides is 1. The number of nitrogens with zero attached hydrogens (tertiary/aromatic N) is 2. The topological polar surface area (TPSA) is 95.0 Å². The number of carbonyl (C=O) groups is 2. The van der Waals surface area contributed by atoms with Gasteiger partial charge in [0, 0.05) is 19.6 Å². The second-order valence-electron chi connectivity index (χ2n) is 6.54. The Hall–Kier alpha value is -1.93. The predicted molar refractivity (Wildman–Crippen MR) is 90.3 cm³/mol. The highest BCUT2D eigenvalue weighted by molar-refractivity contribution is 7.89. The van der Waals surface area contributed by atoms with Crippen molar-refractivity contribution in [3.05, 3.63) is 30.3 Å². The normalized spacial score (nSPS) is 25.0. The van der Waals surface area contributed by atoms with Crippen LogP contribution >= 0.6 is 0 Å². The van der Waals surface area contributed by atoms with Crippen LogP contribution in [0.15, 0.2) is 35.2 Å². The van der Waals surface area contributed by atoms with Gasteiger partial charge in [-0.05, 0) is 37.8 Å². The fourth-order valence-corrected chi connectivity index (χ4v) is 5.17. The minimum Gasteiger partial charge on any atom is -0.480 e. The van der Waals surface area contributed by atoms with Crippen LogP contribution in [0.3, 0.4) is 0 Å². The second kappa shape index (κ2) is 7.13. The highest BCUT2D eigenvalue weighted by Crippen LogP contribution is 2.27. The first-order valence-corrected chi connectivity index (χ1v) is 9.94. The summed E-state index contributed by atoms with van der Waals surface area (Å²) < 4.78 is 26.9. The molecule has 0 saturated carbocycles. The largest absolute Gasteiger partial charge is 0.480 e. The molecular weight excluding hydrogens is 344 g/mol. The molecule has 2 heterocycles. The third-order valence-electron chi connectivity index (χ3n) is 4.94. The summed E-state index contributed by atoms with van der Waals surface area (Å²) in [5.74, 6) is -1.71. The van der Waals surface area contributed by atoms with Crippen LogP contribution in [0.25, 0.3) is 0 Å². The Bertz CT molecular complexity index is 750. The van der Waals surface area contributed by atoms with Gasteiger partial charge in [0.15, 0.2) is 0 Å². The molecule has 2 aliphatic heterocycles. The monoisotopic (exact) mass is 366 g/mol. The van der Waals surface area contributed by atoms with Crippen molar-refractivity contribution >= 4 is 21.9 Å². The Labute approximate surface area is 147 Å². The van der Waals surface area contributed by atoms with Crippen molar-refractivity contribution in [3.8, 4) is 0 Å². The third kappa shape index (κ3) is 3.55. The average molecular weight is 366 g/mol. The lowest BCUT2D eigenvalue weighted by Gasteiger charge is -2.34. The van der Waals surface area contributed by atoms with Crippen molar-refractivity contribution < 1.29 is 23.1 Å². The van der Waals surface area contributed by atoms with Gasteiger partial charge < -0.3 is 10.0 Å². The fourth-order valence-electron chi connectivity index (χ4n) is 3.63. The zero-order valence-corrected chi connectivity index (χ0v) is 14.7. The van der Waals surface area contributed by atoms with Gasteiger partial charge in [-0.25, -0.2) is 13.2 Å². The van der Waals surface area contributed by atoms with Crippen molar-refractivity contribution in [1.82, 2.24) is 9.21 Å². The Morgan fingerprint density at radius 2 is 1.72 bits per heavy atom. The van der Waals surface area contributed by atoms with E-state index in [-0.39, 0.29) is 17.3 Å². The van der Waals surface area contributed by atoms with Gasteiger partial charge >= 0.3 is 5.97 Å². The molecule has 1 amide bonds. The number of rotatable bonds is 4. The summed E-state index contributed by atoms with van der Waals surface area (Å²) in [6, 6.07) is 7.39. The van der Waals surface area contributed by atoms with Crippen LogP contribution in [-0.4, -0.2) is 60.3 Å². The Morgan fingerprint density at radius 3 is 2.40 bits per heavy atom. The highest BCUT2D eigenvalue weighted by atomic mass is 32.2. The molecule has 2 atom stereocenters. The summed E-state index contributed by atoms with van der Waals surface area (Å²) in [5.41, 5.74) is 0. The van der Waals surface area contributed by atoms with E-state index in [4.69, 9.17) is 0 Å². The molecule has 0 bridgehead atoms. The van der Waals surface area contributed by atoms with Gasteiger partial charge in [-0.15, -0.1) is 0 Å². The zero-order chi connectivity index (χ0) is 18.0. The van der Waals surface area contributed by atoms with Gasteiger partial charge in [0.2, 0.25) is 15.9 Å². The minimum absolute atomic E-state index is 0.110. The molecule has 0 aromatic heterocycles. The van der Waals surface area contributed by atoms with Crippen molar-refractivity contribution in [2.24, 2.45) is 5.92 Å². The lowest BCUT2D eigenvalue weighted by atomic mass is 9.97. The molecule has 8 heteroatoms. The van der Waals surface area contributed by atoms with Crippen LogP contribution < -0.4 is 0 Å². The standard InChI is InChI=1S/C17H22N2O5S/c20-16(19-11-5-9-15(19)17(21)22)13-6-4-10-18(12-13)25(23,24)14-7-2-1-3-8-14/h1-3,7-8,13,15H,4-6,9-12H2,(H,21,22)/t13?,15-/m0/s1. The van der Waals surface area contributed by atoms with E-state index in [0.717, 1.165) is 0 Å². The van der Waals surface area contributed by atoms with Crippen LogP contribution in [0.5, 0.6) is 0 Å². The molecule has 2 aliphatic rings. The van der Waals surface area contributed by atoms with Crippen LogP contribution in [0.1, 0.15) is 25.7 Å². The van der Waals surface area contributed by atoms with E-state index in [2.05, 4.69) is 0 Å². The number of benzene rings is 1. The molecule has 25 heavy (non-hydrogen) atoms. The van der Waals surface area contributed by atoms with E-state index in [1.165, 1.54) is 9.21 Å². The summed E-state index contributed by atoms with van der Waals surface area (Å²) in [6.07, 6.45) is 2.30. The zero-order valence-electron chi connectivity index (χ0n) is 13.9. The number of piperidine rings is 1. The molecule has 0 aliphatic carbocycles. The summed E-state index contributed by atoms with van der Waals surface area (Å²) in [4.78, 5) is 25.7. The van der Waals surface area contributed by atoms with Crippen molar-refractivity contribution in [3.63, 3.8) is 0 Å². The number of hydrogen-bond acceptors (Lipinski definition) is 4. The van der Waals surface area contributed by atoms with E-state index in [0.29, 0.717) is 38.8 Å². The van der Waals surface area contributed by atoms with Gasteiger partial charge in [-0.2, -0.15) is 4.31 Å². The first-order valence-electron chi connectivity index (χ1n) is 8.50. The maximum atomic E-state index is 12.8. The maximum Gasteiger partial charge on any atom is 0.326 e. The lowest BCUT2D eigenvalue weighted by molar-refractivity contribution is -0.150. The van der Waals surface area contributed by atoms with Crippen LogP contribution in [0.2, 0.25) is 0 Å². The number of hydrogen-bond donors (Lipinski definition) is 1. The molecule has 1 unspecified atom stereocenters. The Balaban J connectivity index is 1.75. The second-order valence-corrected chi connectivity index (χ2v) is 8.48. The predicted octanol–water partition coefficient (Wildman–Crippen LogP) is 1.16. The van der Waals surface area contributed by atoms with Gasteiger partial charge in [0.1, 0.15) is 6.04 Å². The number of likely N-dealkylation sites (tertiary alicyclic amines) is 1. The van der Waals surface area contributed by atoms with Crippen LogP contribution in [0.4, 0.5) is 0 Å². The summed E-state index contributed by atoms with van der Waals surface area (Å²) in [6.45, 7) is 0.917. The number of carbonyl (C=O) groups excluding carboxylic acids is 1.